The fourth-order valence-corrected chi connectivity index (χ4v) is 2.97. The number of nitrogens with one attached hydrogen (secondary N) is 1. The van der Waals surface area contributed by atoms with Gasteiger partial charge in [-0.05, 0) is 74.9 Å². The maximum absolute atomic E-state index is 5.87. The van der Waals surface area contributed by atoms with Gasteiger partial charge in [-0.2, -0.15) is 0 Å². The van der Waals surface area contributed by atoms with Crippen molar-refractivity contribution in [3.63, 3.8) is 0 Å². The highest BCUT2D eigenvalue weighted by Crippen LogP contribution is 2.25. The van der Waals surface area contributed by atoms with Gasteiger partial charge >= 0.3 is 0 Å². The Balaban J connectivity index is 1.74. The summed E-state index contributed by atoms with van der Waals surface area (Å²) < 4.78 is 7.01. The van der Waals surface area contributed by atoms with E-state index in [1.807, 2.05) is 6.07 Å². The molecule has 0 spiro atoms. The van der Waals surface area contributed by atoms with E-state index in [-0.39, 0.29) is 0 Å². The molecule has 1 aliphatic heterocycles. The molecular weight excluding hydrogens is 302 g/mol. The number of ether oxygens (including phenoxy) is 1. The highest BCUT2D eigenvalue weighted by Gasteiger charge is 2.19. The zero-order valence-corrected chi connectivity index (χ0v) is 13.5. The molecule has 19 heavy (non-hydrogen) atoms. The van der Waals surface area contributed by atoms with Gasteiger partial charge in [-0.25, -0.2) is 0 Å². The zero-order chi connectivity index (χ0) is 13.7. The van der Waals surface area contributed by atoms with Crippen molar-refractivity contribution in [3.8, 4) is 5.75 Å². The second-order valence-corrected chi connectivity index (χ2v) is 6.47. The smallest absolute Gasteiger partial charge is 0.119 e. The Morgan fingerprint density at radius 3 is 2.79 bits per heavy atom. The van der Waals surface area contributed by atoms with Crippen LogP contribution in [0.15, 0.2) is 22.7 Å². The molecule has 1 atom stereocenters. The van der Waals surface area contributed by atoms with Crippen molar-refractivity contribution in [3.05, 3.63) is 28.2 Å². The molecule has 1 fully saturated rings. The van der Waals surface area contributed by atoms with Gasteiger partial charge in [0, 0.05) is 4.47 Å². The largest absolute Gasteiger partial charge is 0.494 e. The first-order valence-electron chi connectivity index (χ1n) is 7.26. The van der Waals surface area contributed by atoms with Crippen LogP contribution in [0, 0.1) is 18.8 Å². The summed E-state index contributed by atoms with van der Waals surface area (Å²) >= 11 is 3.51. The summed E-state index contributed by atoms with van der Waals surface area (Å²) in [7, 11) is 0. The summed E-state index contributed by atoms with van der Waals surface area (Å²) in [4.78, 5) is 0. The molecule has 1 aromatic rings. The van der Waals surface area contributed by atoms with Crippen LogP contribution in [-0.2, 0) is 0 Å². The Labute approximate surface area is 125 Å². The first kappa shape index (κ1) is 14.9. The third kappa shape index (κ3) is 4.50. The fraction of sp³-hybridized carbons (Fsp3) is 0.625. The molecule has 0 aromatic heterocycles. The lowest BCUT2D eigenvalue weighted by atomic mass is 9.84. The molecule has 0 amide bonds. The zero-order valence-electron chi connectivity index (χ0n) is 11.9. The number of piperidine rings is 1. The molecule has 3 heteroatoms. The topological polar surface area (TPSA) is 21.3 Å². The van der Waals surface area contributed by atoms with Gasteiger partial charge < -0.3 is 10.1 Å². The molecule has 0 bridgehead atoms. The third-order valence-corrected chi connectivity index (χ3v) is 5.05. The molecule has 0 radical (unpaired) electrons. The number of halogens is 1. The second kappa shape index (κ2) is 7.30. The fourth-order valence-electron chi connectivity index (χ4n) is 2.72. The van der Waals surface area contributed by atoms with E-state index >= 15 is 0 Å². The van der Waals surface area contributed by atoms with Gasteiger partial charge in [-0.15, -0.1) is 0 Å². The molecule has 2 nitrogen and oxygen atoms in total. The monoisotopic (exact) mass is 325 g/mol. The second-order valence-electron chi connectivity index (χ2n) is 5.61. The van der Waals surface area contributed by atoms with E-state index in [0.29, 0.717) is 0 Å². The Kier molecular flexibility index (Phi) is 5.71. The number of hydrogen-bond donors (Lipinski definition) is 1. The van der Waals surface area contributed by atoms with Crippen molar-refractivity contribution in [1.82, 2.24) is 5.32 Å². The van der Waals surface area contributed by atoms with Crippen LogP contribution in [0.1, 0.15) is 31.7 Å². The molecular formula is C16H24BrNO. The highest BCUT2D eigenvalue weighted by atomic mass is 79.9. The summed E-state index contributed by atoms with van der Waals surface area (Å²) in [5, 5.41) is 3.43. The predicted octanol–water partition coefficient (Wildman–Crippen LogP) is 4.16. The molecule has 2 rings (SSSR count). The lowest BCUT2D eigenvalue weighted by Crippen LogP contribution is -2.31. The molecule has 0 aliphatic carbocycles. The maximum Gasteiger partial charge on any atom is 0.119 e. The van der Waals surface area contributed by atoms with Gasteiger partial charge in [0.2, 0.25) is 0 Å². The van der Waals surface area contributed by atoms with Crippen LogP contribution >= 0.6 is 15.9 Å². The van der Waals surface area contributed by atoms with Crippen LogP contribution in [0.5, 0.6) is 5.75 Å². The Morgan fingerprint density at radius 2 is 2.11 bits per heavy atom. The standard InChI is InChI=1S/C16H24BrNO/c1-12(14-5-8-18-9-6-14)7-10-19-15-3-4-16(17)13(2)11-15/h3-4,11-12,14,18H,5-10H2,1-2H3. The predicted molar refractivity (Wildman–Crippen MR) is 83.7 cm³/mol. The van der Waals surface area contributed by atoms with Crippen LogP contribution in [-0.4, -0.2) is 19.7 Å². The maximum atomic E-state index is 5.87. The lowest BCUT2D eigenvalue weighted by molar-refractivity contribution is 0.216. The Morgan fingerprint density at radius 1 is 1.37 bits per heavy atom. The van der Waals surface area contributed by atoms with Gasteiger partial charge in [-0.1, -0.05) is 22.9 Å². The number of aryl methyl sites for hydroxylation is 1. The summed E-state index contributed by atoms with van der Waals surface area (Å²) in [5.74, 6) is 2.62. The van der Waals surface area contributed by atoms with E-state index in [4.69, 9.17) is 4.74 Å². The van der Waals surface area contributed by atoms with Crippen molar-refractivity contribution in [2.24, 2.45) is 11.8 Å². The van der Waals surface area contributed by atoms with Crippen LogP contribution in [0.2, 0.25) is 0 Å². The summed E-state index contributed by atoms with van der Waals surface area (Å²) in [6.45, 7) is 7.65. The molecule has 106 valence electrons. The van der Waals surface area contributed by atoms with Crippen molar-refractivity contribution < 1.29 is 4.74 Å². The van der Waals surface area contributed by atoms with Crippen molar-refractivity contribution >= 4 is 15.9 Å². The Hall–Kier alpha value is -0.540. The summed E-state index contributed by atoms with van der Waals surface area (Å²) in [6.07, 6.45) is 3.79. The molecule has 0 saturated carbocycles. The SMILES string of the molecule is Cc1cc(OCCC(C)C2CCNCC2)ccc1Br. The van der Waals surface area contributed by atoms with Gasteiger partial charge in [0.1, 0.15) is 5.75 Å². The van der Waals surface area contributed by atoms with Crippen LogP contribution in [0.25, 0.3) is 0 Å². The van der Waals surface area contributed by atoms with E-state index in [1.54, 1.807) is 0 Å². The van der Waals surface area contributed by atoms with Gasteiger partial charge in [0.05, 0.1) is 6.61 Å². The van der Waals surface area contributed by atoms with Crippen molar-refractivity contribution in [1.29, 1.82) is 0 Å². The van der Waals surface area contributed by atoms with E-state index in [0.717, 1.165) is 35.1 Å². The number of hydrogen-bond acceptors (Lipinski definition) is 2. The third-order valence-electron chi connectivity index (χ3n) is 4.16. The van der Waals surface area contributed by atoms with E-state index in [1.165, 1.54) is 31.5 Å². The molecule has 1 aliphatic rings. The summed E-state index contributed by atoms with van der Waals surface area (Å²) in [5.41, 5.74) is 1.23. The minimum Gasteiger partial charge on any atom is -0.494 e. The van der Waals surface area contributed by atoms with Crippen LogP contribution in [0.3, 0.4) is 0 Å². The first-order chi connectivity index (χ1) is 9.16. The lowest BCUT2D eigenvalue weighted by Gasteiger charge is -2.28. The molecule has 1 N–H and O–H groups in total. The van der Waals surface area contributed by atoms with Crippen LogP contribution < -0.4 is 10.1 Å². The Bertz CT molecular complexity index is 402. The average Bonchev–Trinajstić information content (AvgIpc) is 2.43. The molecule has 1 heterocycles. The molecule has 1 aromatic carbocycles. The van der Waals surface area contributed by atoms with Gasteiger partial charge in [0.25, 0.3) is 0 Å². The van der Waals surface area contributed by atoms with Gasteiger partial charge in [0.15, 0.2) is 0 Å². The number of benzene rings is 1. The molecule has 1 saturated heterocycles. The first-order valence-corrected chi connectivity index (χ1v) is 8.06. The van der Waals surface area contributed by atoms with E-state index < -0.39 is 0 Å². The van der Waals surface area contributed by atoms with E-state index in [2.05, 4.69) is 47.2 Å². The quantitative estimate of drug-likeness (QED) is 0.877. The normalized spacial score (nSPS) is 18.3. The van der Waals surface area contributed by atoms with Crippen molar-refractivity contribution in [2.45, 2.75) is 33.1 Å². The molecule has 1 unspecified atom stereocenters. The van der Waals surface area contributed by atoms with Crippen LogP contribution in [0.4, 0.5) is 0 Å². The highest BCUT2D eigenvalue weighted by molar-refractivity contribution is 9.10. The van der Waals surface area contributed by atoms with E-state index in [9.17, 15) is 0 Å². The average molecular weight is 326 g/mol. The minimum atomic E-state index is 0.763. The number of rotatable bonds is 5. The van der Waals surface area contributed by atoms with Gasteiger partial charge in [-0.3, -0.25) is 0 Å². The minimum absolute atomic E-state index is 0.763. The summed E-state index contributed by atoms with van der Waals surface area (Å²) in [6, 6.07) is 6.19. The van der Waals surface area contributed by atoms with Crippen molar-refractivity contribution in [2.75, 3.05) is 19.7 Å².